The third-order valence-corrected chi connectivity index (χ3v) is 4.43. The predicted octanol–water partition coefficient (Wildman–Crippen LogP) is 2.01. The molecule has 2 saturated heterocycles. The second kappa shape index (κ2) is 6.43. The van der Waals surface area contributed by atoms with Crippen molar-refractivity contribution in [2.75, 3.05) is 29.9 Å². The van der Waals surface area contributed by atoms with Gasteiger partial charge in [0.25, 0.3) is 0 Å². The molecule has 0 saturated carbocycles. The van der Waals surface area contributed by atoms with Gasteiger partial charge in [-0.05, 0) is 50.3 Å². The molecule has 2 atom stereocenters. The quantitative estimate of drug-likeness (QED) is 0.893. The van der Waals surface area contributed by atoms with E-state index in [1.807, 2.05) is 12.1 Å². The first-order valence-electron chi connectivity index (χ1n) is 7.98. The van der Waals surface area contributed by atoms with E-state index in [1.54, 1.807) is 6.20 Å². The molecule has 2 aliphatic heterocycles. The molecule has 1 amide bonds. The van der Waals surface area contributed by atoms with Crippen LogP contribution < -0.4 is 15.5 Å². The van der Waals surface area contributed by atoms with Gasteiger partial charge >= 0.3 is 0 Å². The van der Waals surface area contributed by atoms with Gasteiger partial charge in [-0.2, -0.15) is 0 Å². The van der Waals surface area contributed by atoms with Crippen LogP contribution in [0.2, 0.25) is 0 Å². The van der Waals surface area contributed by atoms with Crippen LogP contribution in [-0.2, 0) is 4.79 Å². The number of carbonyl (C=O) groups is 1. The summed E-state index contributed by atoms with van der Waals surface area (Å²) < 4.78 is 0. The van der Waals surface area contributed by atoms with Crippen molar-refractivity contribution in [3.8, 4) is 0 Å². The lowest BCUT2D eigenvalue weighted by Crippen LogP contribution is -2.45. The summed E-state index contributed by atoms with van der Waals surface area (Å²) in [6, 6.07) is 3.75. The number of carbonyl (C=O) groups excluding carboxylic acids is 1. The molecular formula is C16H24N4O. The molecule has 2 unspecified atom stereocenters. The number of nitrogens with one attached hydrogen (secondary N) is 2. The van der Waals surface area contributed by atoms with Gasteiger partial charge in [0.1, 0.15) is 0 Å². The molecule has 1 aromatic heterocycles. The summed E-state index contributed by atoms with van der Waals surface area (Å²) in [6.45, 7) is 5.18. The Hall–Kier alpha value is -1.62. The second-order valence-corrected chi connectivity index (χ2v) is 6.19. The first kappa shape index (κ1) is 14.3. The number of anilines is 2. The number of pyridine rings is 1. The van der Waals surface area contributed by atoms with Crippen molar-refractivity contribution in [1.82, 2.24) is 10.3 Å². The molecule has 0 radical (unpaired) electrons. The highest BCUT2D eigenvalue weighted by Gasteiger charge is 2.26. The Morgan fingerprint density at radius 3 is 3.00 bits per heavy atom. The fraction of sp³-hybridized carbons (Fsp3) is 0.625. The van der Waals surface area contributed by atoms with Gasteiger partial charge in [0.2, 0.25) is 5.91 Å². The van der Waals surface area contributed by atoms with Crippen molar-refractivity contribution < 1.29 is 4.79 Å². The van der Waals surface area contributed by atoms with E-state index in [0.717, 1.165) is 44.0 Å². The molecule has 21 heavy (non-hydrogen) atoms. The van der Waals surface area contributed by atoms with Gasteiger partial charge in [0.15, 0.2) is 5.82 Å². The van der Waals surface area contributed by atoms with Crippen LogP contribution in [-0.4, -0.2) is 36.6 Å². The van der Waals surface area contributed by atoms with Crippen LogP contribution in [0.3, 0.4) is 0 Å². The Morgan fingerprint density at radius 2 is 2.24 bits per heavy atom. The van der Waals surface area contributed by atoms with Gasteiger partial charge < -0.3 is 15.5 Å². The van der Waals surface area contributed by atoms with Crippen LogP contribution in [0.25, 0.3) is 0 Å². The Morgan fingerprint density at radius 1 is 1.43 bits per heavy atom. The second-order valence-electron chi connectivity index (χ2n) is 6.19. The molecule has 5 heteroatoms. The molecule has 1 aromatic rings. The number of aromatic nitrogens is 1. The lowest BCUT2D eigenvalue weighted by atomic mass is 9.94. The van der Waals surface area contributed by atoms with E-state index in [2.05, 4.69) is 27.4 Å². The predicted molar refractivity (Wildman–Crippen MR) is 84.5 cm³/mol. The van der Waals surface area contributed by atoms with Gasteiger partial charge in [0.05, 0.1) is 11.7 Å². The normalized spacial score (nSPS) is 25.9. The third kappa shape index (κ3) is 3.35. The van der Waals surface area contributed by atoms with Crippen LogP contribution in [0.5, 0.6) is 0 Å². The monoisotopic (exact) mass is 288 g/mol. The highest BCUT2D eigenvalue weighted by Crippen LogP contribution is 2.26. The summed E-state index contributed by atoms with van der Waals surface area (Å²) in [4.78, 5) is 19.2. The Bertz CT molecular complexity index is 499. The van der Waals surface area contributed by atoms with Gasteiger partial charge in [-0.3, -0.25) is 4.79 Å². The van der Waals surface area contributed by atoms with E-state index in [4.69, 9.17) is 0 Å². The summed E-state index contributed by atoms with van der Waals surface area (Å²) >= 11 is 0. The first-order chi connectivity index (χ1) is 10.2. The van der Waals surface area contributed by atoms with Gasteiger partial charge in [0, 0.05) is 19.3 Å². The minimum Gasteiger partial charge on any atom is -0.355 e. The van der Waals surface area contributed by atoms with E-state index in [-0.39, 0.29) is 11.9 Å². The number of nitrogens with zero attached hydrogens (tertiary/aromatic N) is 2. The average molecular weight is 288 g/mol. The van der Waals surface area contributed by atoms with E-state index < -0.39 is 0 Å². The molecule has 2 N–H and O–H groups in total. The topological polar surface area (TPSA) is 57.3 Å². The van der Waals surface area contributed by atoms with Crippen molar-refractivity contribution in [2.45, 2.75) is 38.6 Å². The van der Waals surface area contributed by atoms with Crippen molar-refractivity contribution >= 4 is 17.4 Å². The Kier molecular flexibility index (Phi) is 4.39. The zero-order valence-corrected chi connectivity index (χ0v) is 12.6. The highest BCUT2D eigenvalue weighted by atomic mass is 16.2. The van der Waals surface area contributed by atoms with Crippen LogP contribution in [0.1, 0.15) is 32.6 Å². The van der Waals surface area contributed by atoms with Crippen LogP contribution in [0, 0.1) is 5.92 Å². The smallest absolute Gasteiger partial charge is 0.241 e. The van der Waals surface area contributed by atoms with Crippen molar-refractivity contribution in [2.24, 2.45) is 5.92 Å². The molecule has 3 rings (SSSR count). The number of rotatable bonds is 3. The molecule has 114 valence electrons. The number of hydrogen-bond donors (Lipinski definition) is 2. The van der Waals surface area contributed by atoms with Crippen molar-refractivity contribution in [3.05, 3.63) is 18.3 Å². The van der Waals surface area contributed by atoms with E-state index in [1.165, 1.54) is 12.8 Å². The van der Waals surface area contributed by atoms with Crippen molar-refractivity contribution in [3.63, 3.8) is 0 Å². The van der Waals surface area contributed by atoms with Crippen LogP contribution in [0.4, 0.5) is 11.5 Å². The molecule has 0 aliphatic carbocycles. The largest absolute Gasteiger partial charge is 0.355 e. The zero-order chi connectivity index (χ0) is 14.7. The summed E-state index contributed by atoms with van der Waals surface area (Å²) in [7, 11) is 0. The molecule has 2 aliphatic rings. The summed E-state index contributed by atoms with van der Waals surface area (Å²) in [6.07, 6.45) is 6.25. The maximum Gasteiger partial charge on any atom is 0.241 e. The Balaban J connectivity index is 1.70. The number of hydrogen-bond acceptors (Lipinski definition) is 4. The fourth-order valence-electron chi connectivity index (χ4n) is 3.20. The highest BCUT2D eigenvalue weighted by molar-refractivity contribution is 5.97. The van der Waals surface area contributed by atoms with E-state index >= 15 is 0 Å². The molecule has 0 aromatic carbocycles. The molecule has 2 fully saturated rings. The van der Waals surface area contributed by atoms with Crippen molar-refractivity contribution in [1.29, 1.82) is 0 Å². The summed E-state index contributed by atoms with van der Waals surface area (Å²) in [5.74, 6) is 1.58. The Labute approximate surface area is 126 Å². The minimum absolute atomic E-state index is 0.0648. The average Bonchev–Trinajstić information content (AvgIpc) is 3.02. The maximum absolute atomic E-state index is 12.5. The molecule has 5 nitrogen and oxygen atoms in total. The molecular weight excluding hydrogens is 264 g/mol. The minimum atomic E-state index is -0.0830. The van der Waals surface area contributed by atoms with E-state index in [0.29, 0.717) is 5.92 Å². The van der Waals surface area contributed by atoms with Gasteiger partial charge in [-0.25, -0.2) is 4.98 Å². The lowest BCUT2D eigenvalue weighted by Gasteiger charge is -2.28. The number of piperidine rings is 1. The molecule has 0 bridgehead atoms. The van der Waals surface area contributed by atoms with Crippen LogP contribution >= 0.6 is 0 Å². The third-order valence-electron chi connectivity index (χ3n) is 4.43. The maximum atomic E-state index is 12.5. The molecule has 0 spiro atoms. The number of amides is 1. The van der Waals surface area contributed by atoms with Gasteiger partial charge in [-0.1, -0.05) is 6.92 Å². The summed E-state index contributed by atoms with van der Waals surface area (Å²) in [5, 5.41) is 6.38. The standard InChI is InChI=1S/C16H24N4O/c1-12-6-8-17-14(11-12)16(21)19-13-5-4-7-18-15(13)20-9-2-3-10-20/h4-5,7,12,14,17H,2-3,6,8-11H2,1H3,(H,19,21). The van der Waals surface area contributed by atoms with Gasteiger partial charge in [-0.15, -0.1) is 0 Å². The van der Waals surface area contributed by atoms with E-state index in [9.17, 15) is 4.79 Å². The SMILES string of the molecule is CC1CCNC(C(=O)Nc2cccnc2N2CCCC2)C1. The first-order valence-corrected chi connectivity index (χ1v) is 7.98. The lowest BCUT2D eigenvalue weighted by molar-refractivity contribution is -0.119. The fourth-order valence-corrected chi connectivity index (χ4v) is 3.20. The summed E-state index contributed by atoms with van der Waals surface area (Å²) in [5.41, 5.74) is 0.837. The zero-order valence-electron chi connectivity index (χ0n) is 12.6. The molecule has 3 heterocycles. The van der Waals surface area contributed by atoms with Crippen LogP contribution in [0.15, 0.2) is 18.3 Å².